The molecule has 1 heterocycles. The highest BCUT2D eigenvalue weighted by atomic mass is 16.6. The molecular formula is C15H20N2O5. The molecule has 7 nitrogen and oxygen atoms in total. The molecule has 1 aliphatic heterocycles. The lowest BCUT2D eigenvalue weighted by molar-refractivity contribution is -0.385. The number of methoxy groups -OCH3 is 1. The Labute approximate surface area is 129 Å². The standard InChI is InChI=1S/C15H20N2O5/c1-16(12-5-7-22-8-6-12)10-11-3-4-14(17(19)20)13(9-11)15(18)21-2/h3-4,9,12H,5-8,10H2,1-2H3. The van der Waals surface area contributed by atoms with Gasteiger partial charge in [0.1, 0.15) is 5.56 Å². The molecule has 0 bridgehead atoms. The molecule has 1 aliphatic rings. The van der Waals surface area contributed by atoms with E-state index in [1.54, 1.807) is 12.1 Å². The Morgan fingerprint density at radius 3 is 2.73 bits per heavy atom. The van der Waals surface area contributed by atoms with Crippen molar-refractivity contribution in [2.24, 2.45) is 0 Å². The quantitative estimate of drug-likeness (QED) is 0.470. The predicted molar refractivity (Wildman–Crippen MR) is 79.7 cm³/mol. The first-order valence-electron chi connectivity index (χ1n) is 7.16. The summed E-state index contributed by atoms with van der Waals surface area (Å²) < 4.78 is 9.97. The van der Waals surface area contributed by atoms with E-state index in [0.717, 1.165) is 31.6 Å². The van der Waals surface area contributed by atoms with Gasteiger partial charge >= 0.3 is 5.97 Å². The SMILES string of the molecule is COC(=O)c1cc(CN(C)C2CCOCC2)ccc1[N+](=O)[O-]. The second-order valence-corrected chi connectivity index (χ2v) is 5.36. The maximum atomic E-state index is 11.7. The fourth-order valence-electron chi connectivity index (χ4n) is 2.66. The molecule has 1 aromatic rings. The molecule has 0 radical (unpaired) electrons. The van der Waals surface area contributed by atoms with E-state index in [2.05, 4.69) is 9.64 Å². The number of rotatable bonds is 5. The molecule has 0 aromatic heterocycles. The van der Waals surface area contributed by atoms with Crippen molar-refractivity contribution in [1.82, 2.24) is 4.90 Å². The number of benzene rings is 1. The molecule has 0 amide bonds. The van der Waals surface area contributed by atoms with E-state index in [4.69, 9.17) is 4.74 Å². The van der Waals surface area contributed by atoms with Crippen molar-refractivity contribution >= 4 is 11.7 Å². The highest BCUT2D eigenvalue weighted by Crippen LogP contribution is 2.23. The lowest BCUT2D eigenvalue weighted by Gasteiger charge is -2.31. The first kappa shape index (κ1) is 16.4. The van der Waals surface area contributed by atoms with Crippen molar-refractivity contribution < 1.29 is 19.2 Å². The minimum Gasteiger partial charge on any atom is -0.465 e. The third kappa shape index (κ3) is 3.80. The lowest BCUT2D eigenvalue weighted by Crippen LogP contribution is -2.36. The molecule has 120 valence electrons. The van der Waals surface area contributed by atoms with Crippen molar-refractivity contribution in [3.8, 4) is 0 Å². The topological polar surface area (TPSA) is 81.9 Å². The van der Waals surface area contributed by atoms with E-state index >= 15 is 0 Å². The summed E-state index contributed by atoms with van der Waals surface area (Å²) in [5.74, 6) is -0.692. The Kier molecular flexibility index (Phi) is 5.46. The van der Waals surface area contributed by atoms with Gasteiger partial charge < -0.3 is 9.47 Å². The van der Waals surface area contributed by atoms with E-state index in [1.807, 2.05) is 7.05 Å². The van der Waals surface area contributed by atoms with Gasteiger partial charge in [0, 0.05) is 31.9 Å². The van der Waals surface area contributed by atoms with Crippen LogP contribution in [0.1, 0.15) is 28.8 Å². The van der Waals surface area contributed by atoms with Gasteiger partial charge in [-0.15, -0.1) is 0 Å². The van der Waals surface area contributed by atoms with Gasteiger partial charge in [0.25, 0.3) is 5.69 Å². The van der Waals surface area contributed by atoms with Crippen LogP contribution in [-0.4, -0.2) is 49.2 Å². The number of nitrogens with zero attached hydrogens (tertiary/aromatic N) is 2. The molecule has 0 aliphatic carbocycles. The summed E-state index contributed by atoms with van der Waals surface area (Å²) >= 11 is 0. The minimum atomic E-state index is -0.692. The molecule has 1 saturated heterocycles. The second kappa shape index (κ2) is 7.33. The van der Waals surface area contributed by atoms with Crippen LogP contribution in [0.25, 0.3) is 0 Å². The molecule has 0 saturated carbocycles. The summed E-state index contributed by atoms with van der Waals surface area (Å²) in [6.45, 7) is 2.12. The lowest BCUT2D eigenvalue weighted by atomic mass is 10.0. The molecule has 22 heavy (non-hydrogen) atoms. The largest absolute Gasteiger partial charge is 0.465 e. The molecule has 0 spiro atoms. The molecule has 0 unspecified atom stereocenters. The zero-order valence-corrected chi connectivity index (χ0v) is 12.8. The third-order valence-electron chi connectivity index (χ3n) is 3.91. The zero-order chi connectivity index (χ0) is 16.1. The van der Waals surface area contributed by atoms with E-state index in [1.165, 1.54) is 13.2 Å². The smallest absolute Gasteiger partial charge is 0.344 e. The van der Waals surface area contributed by atoms with Crippen LogP contribution in [0.5, 0.6) is 0 Å². The summed E-state index contributed by atoms with van der Waals surface area (Å²) in [6, 6.07) is 5.00. The molecule has 0 atom stereocenters. The Bertz CT molecular complexity index is 555. The summed E-state index contributed by atoms with van der Waals surface area (Å²) in [5, 5.41) is 11.0. The number of nitro groups is 1. The number of hydrogen-bond donors (Lipinski definition) is 0. The van der Waals surface area contributed by atoms with Crippen LogP contribution in [0.15, 0.2) is 18.2 Å². The molecular weight excluding hydrogens is 288 g/mol. The Morgan fingerprint density at radius 2 is 2.14 bits per heavy atom. The van der Waals surface area contributed by atoms with Crippen LogP contribution >= 0.6 is 0 Å². The van der Waals surface area contributed by atoms with Crippen LogP contribution < -0.4 is 0 Å². The van der Waals surface area contributed by atoms with Crippen molar-refractivity contribution in [3.63, 3.8) is 0 Å². The fourth-order valence-corrected chi connectivity index (χ4v) is 2.66. The monoisotopic (exact) mass is 308 g/mol. The summed E-state index contributed by atoms with van der Waals surface area (Å²) in [5.41, 5.74) is 0.606. The van der Waals surface area contributed by atoms with Gasteiger partial charge in [-0.2, -0.15) is 0 Å². The average molecular weight is 308 g/mol. The number of ether oxygens (including phenoxy) is 2. The number of nitro benzene ring substituents is 1. The molecule has 7 heteroatoms. The van der Waals surface area contributed by atoms with Crippen molar-refractivity contribution in [2.45, 2.75) is 25.4 Å². The highest BCUT2D eigenvalue weighted by Gasteiger charge is 2.23. The van der Waals surface area contributed by atoms with Gasteiger partial charge in [-0.05, 0) is 31.5 Å². The zero-order valence-electron chi connectivity index (χ0n) is 12.8. The number of esters is 1. The minimum absolute atomic E-state index is 0.00891. The average Bonchev–Trinajstić information content (AvgIpc) is 2.54. The number of hydrogen-bond acceptors (Lipinski definition) is 6. The van der Waals surface area contributed by atoms with Crippen LogP contribution in [0.2, 0.25) is 0 Å². The molecule has 0 N–H and O–H groups in total. The molecule has 1 fully saturated rings. The molecule has 2 rings (SSSR count). The summed E-state index contributed by atoms with van der Waals surface area (Å²) in [6.07, 6.45) is 1.93. The van der Waals surface area contributed by atoms with E-state index in [9.17, 15) is 14.9 Å². The maximum absolute atomic E-state index is 11.7. The van der Waals surface area contributed by atoms with Gasteiger partial charge in [0.15, 0.2) is 0 Å². The summed E-state index contributed by atoms with van der Waals surface area (Å²) in [7, 11) is 3.22. The normalized spacial score (nSPS) is 15.8. The first-order valence-corrected chi connectivity index (χ1v) is 7.16. The summed E-state index contributed by atoms with van der Waals surface area (Å²) in [4.78, 5) is 24.3. The Morgan fingerprint density at radius 1 is 1.45 bits per heavy atom. The van der Waals surface area contributed by atoms with Gasteiger partial charge in [-0.3, -0.25) is 15.0 Å². The van der Waals surface area contributed by atoms with Gasteiger partial charge in [0.2, 0.25) is 0 Å². The van der Waals surface area contributed by atoms with Crippen LogP contribution in [0.3, 0.4) is 0 Å². The predicted octanol–water partition coefficient (Wildman–Crippen LogP) is 1.99. The van der Waals surface area contributed by atoms with Gasteiger partial charge in [-0.1, -0.05) is 6.07 Å². The van der Waals surface area contributed by atoms with Crippen LogP contribution in [-0.2, 0) is 16.0 Å². The Hall–Kier alpha value is -1.99. The number of carbonyl (C=O) groups is 1. The van der Waals surface area contributed by atoms with Gasteiger partial charge in [0.05, 0.1) is 12.0 Å². The molecule has 1 aromatic carbocycles. The first-order chi connectivity index (χ1) is 10.5. The van der Waals surface area contributed by atoms with Crippen molar-refractivity contribution in [3.05, 3.63) is 39.4 Å². The second-order valence-electron chi connectivity index (χ2n) is 5.36. The van der Waals surface area contributed by atoms with E-state index in [0.29, 0.717) is 12.6 Å². The fraction of sp³-hybridized carbons (Fsp3) is 0.533. The van der Waals surface area contributed by atoms with Gasteiger partial charge in [-0.25, -0.2) is 4.79 Å². The number of carbonyl (C=O) groups excluding carboxylic acids is 1. The maximum Gasteiger partial charge on any atom is 0.344 e. The van der Waals surface area contributed by atoms with E-state index in [-0.39, 0.29) is 11.3 Å². The van der Waals surface area contributed by atoms with Crippen molar-refractivity contribution in [2.75, 3.05) is 27.4 Å². The van der Waals surface area contributed by atoms with Crippen LogP contribution in [0.4, 0.5) is 5.69 Å². The van der Waals surface area contributed by atoms with Crippen LogP contribution in [0, 0.1) is 10.1 Å². The highest BCUT2D eigenvalue weighted by molar-refractivity contribution is 5.94. The van der Waals surface area contributed by atoms with E-state index < -0.39 is 10.9 Å². The third-order valence-corrected chi connectivity index (χ3v) is 3.91. The Balaban J connectivity index is 2.17. The van der Waals surface area contributed by atoms with Crippen molar-refractivity contribution in [1.29, 1.82) is 0 Å².